The summed E-state index contributed by atoms with van der Waals surface area (Å²) in [4.78, 5) is 0. The number of aliphatic hydroxyl groups excluding tert-OH is 1. The molecule has 0 radical (unpaired) electrons. The summed E-state index contributed by atoms with van der Waals surface area (Å²) in [5.41, 5.74) is 0.955. The fourth-order valence-corrected chi connectivity index (χ4v) is 2.48. The first-order chi connectivity index (χ1) is 11.9. The minimum Gasteiger partial charge on any atom is -0.396 e. The lowest BCUT2D eigenvalue weighted by Crippen LogP contribution is -2.07. The molecule has 3 aromatic rings. The van der Waals surface area contributed by atoms with Crippen LogP contribution in [0.3, 0.4) is 0 Å². The Hall–Kier alpha value is -2.67. The fraction of sp³-hybridized carbons (Fsp3) is 0.167. The molecule has 1 aromatic heterocycles. The van der Waals surface area contributed by atoms with Gasteiger partial charge in [0.1, 0.15) is 5.82 Å². The second kappa shape index (κ2) is 6.68. The third kappa shape index (κ3) is 3.71. The van der Waals surface area contributed by atoms with E-state index in [0.717, 1.165) is 16.3 Å². The molecule has 1 heterocycles. The van der Waals surface area contributed by atoms with Crippen LogP contribution in [-0.4, -0.2) is 21.5 Å². The molecule has 0 saturated carbocycles. The van der Waals surface area contributed by atoms with Gasteiger partial charge >= 0.3 is 6.18 Å². The summed E-state index contributed by atoms with van der Waals surface area (Å²) < 4.78 is 53.5. The van der Waals surface area contributed by atoms with E-state index in [9.17, 15) is 17.6 Å². The van der Waals surface area contributed by atoms with Gasteiger partial charge in [-0.2, -0.15) is 18.3 Å². The summed E-state index contributed by atoms with van der Waals surface area (Å²) in [6, 6.07) is 12.8. The van der Waals surface area contributed by atoms with Crippen molar-refractivity contribution in [2.45, 2.75) is 12.6 Å². The van der Waals surface area contributed by atoms with E-state index in [1.165, 1.54) is 24.3 Å². The van der Waals surface area contributed by atoms with Gasteiger partial charge in [-0.05, 0) is 42.3 Å². The lowest BCUT2D eigenvalue weighted by atomic mass is 10.1. The molecule has 1 N–H and O–H groups in total. The normalized spacial score (nSPS) is 11.7. The molecule has 0 bridgehead atoms. The summed E-state index contributed by atoms with van der Waals surface area (Å²) in [6.45, 7) is -0.00885. The van der Waals surface area contributed by atoms with Gasteiger partial charge in [0.25, 0.3) is 0 Å². The van der Waals surface area contributed by atoms with Crippen LogP contribution in [0.25, 0.3) is 16.9 Å². The third-order valence-electron chi connectivity index (χ3n) is 3.72. The average Bonchev–Trinajstić information content (AvgIpc) is 3.02. The lowest BCUT2D eigenvalue weighted by Gasteiger charge is -2.08. The van der Waals surface area contributed by atoms with Crippen LogP contribution in [0, 0.1) is 5.82 Å². The molecule has 0 aliphatic rings. The SMILES string of the molecule is OCCc1ccc(-c2cc(C(F)(F)F)nn2-c2ccc(F)cc2)cc1. The summed E-state index contributed by atoms with van der Waals surface area (Å²) in [6.07, 6.45) is -4.12. The van der Waals surface area contributed by atoms with Gasteiger partial charge in [-0.1, -0.05) is 24.3 Å². The van der Waals surface area contributed by atoms with Crippen molar-refractivity contribution in [1.82, 2.24) is 9.78 Å². The van der Waals surface area contributed by atoms with Gasteiger partial charge in [0.15, 0.2) is 5.69 Å². The van der Waals surface area contributed by atoms with Crippen molar-refractivity contribution in [2.24, 2.45) is 0 Å². The summed E-state index contributed by atoms with van der Waals surface area (Å²) in [5, 5.41) is 12.6. The molecule has 0 spiro atoms. The molecule has 3 nitrogen and oxygen atoms in total. The quantitative estimate of drug-likeness (QED) is 0.715. The molecule has 0 aliphatic carbocycles. The number of aliphatic hydroxyl groups is 1. The predicted octanol–water partition coefficient (Wildman–Crippen LogP) is 4.23. The molecule has 130 valence electrons. The highest BCUT2D eigenvalue weighted by molar-refractivity contribution is 5.63. The number of halogens is 4. The Bertz CT molecular complexity index is 852. The van der Waals surface area contributed by atoms with E-state index in [-0.39, 0.29) is 12.3 Å². The molecular weight excluding hydrogens is 336 g/mol. The van der Waals surface area contributed by atoms with Gasteiger partial charge in [-0.25, -0.2) is 9.07 Å². The maximum atomic E-state index is 13.1. The predicted molar refractivity (Wildman–Crippen MR) is 84.7 cm³/mol. The van der Waals surface area contributed by atoms with E-state index in [1.54, 1.807) is 24.3 Å². The van der Waals surface area contributed by atoms with E-state index in [1.807, 2.05) is 0 Å². The highest BCUT2D eigenvalue weighted by atomic mass is 19.4. The zero-order valence-corrected chi connectivity index (χ0v) is 13.0. The van der Waals surface area contributed by atoms with E-state index in [0.29, 0.717) is 17.7 Å². The number of hydrogen-bond acceptors (Lipinski definition) is 2. The maximum Gasteiger partial charge on any atom is 0.435 e. The summed E-state index contributed by atoms with van der Waals surface area (Å²) in [7, 11) is 0. The van der Waals surface area contributed by atoms with Crippen LogP contribution in [-0.2, 0) is 12.6 Å². The van der Waals surface area contributed by atoms with Gasteiger partial charge < -0.3 is 5.11 Å². The van der Waals surface area contributed by atoms with Gasteiger partial charge in [0.05, 0.1) is 11.4 Å². The maximum absolute atomic E-state index is 13.1. The molecule has 2 aromatic carbocycles. The standard InChI is InChI=1S/C18H14F4N2O/c19-14-5-7-15(8-6-14)24-16(11-17(23-24)18(20,21)22)13-3-1-12(2-4-13)9-10-25/h1-8,11,25H,9-10H2. The van der Waals surface area contributed by atoms with Crippen LogP contribution < -0.4 is 0 Å². The Labute approximate surface area is 141 Å². The number of rotatable bonds is 4. The molecule has 0 fully saturated rings. The van der Waals surface area contributed by atoms with Crippen molar-refractivity contribution in [3.8, 4) is 16.9 Å². The van der Waals surface area contributed by atoms with Crippen LogP contribution in [0.4, 0.5) is 17.6 Å². The molecular formula is C18H14F4N2O. The van der Waals surface area contributed by atoms with Crippen molar-refractivity contribution in [2.75, 3.05) is 6.61 Å². The number of benzene rings is 2. The largest absolute Gasteiger partial charge is 0.435 e. The number of alkyl halides is 3. The Morgan fingerprint density at radius 3 is 2.16 bits per heavy atom. The van der Waals surface area contributed by atoms with Gasteiger partial charge in [-0.15, -0.1) is 0 Å². The van der Waals surface area contributed by atoms with Crippen molar-refractivity contribution in [3.05, 3.63) is 71.7 Å². The lowest BCUT2D eigenvalue weighted by molar-refractivity contribution is -0.141. The molecule has 0 unspecified atom stereocenters. The Kier molecular flexibility index (Phi) is 4.59. The van der Waals surface area contributed by atoms with Gasteiger partial charge in [-0.3, -0.25) is 0 Å². The molecule has 0 saturated heterocycles. The minimum absolute atomic E-state index is 0.00885. The number of nitrogens with zero attached hydrogens (tertiary/aromatic N) is 2. The zero-order valence-electron chi connectivity index (χ0n) is 13.0. The molecule has 7 heteroatoms. The molecule has 3 rings (SSSR count). The Morgan fingerprint density at radius 1 is 0.960 bits per heavy atom. The van der Waals surface area contributed by atoms with Crippen LogP contribution in [0.1, 0.15) is 11.3 Å². The van der Waals surface area contributed by atoms with E-state index in [2.05, 4.69) is 5.10 Å². The Morgan fingerprint density at radius 2 is 1.60 bits per heavy atom. The fourth-order valence-electron chi connectivity index (χ4n) is 2.48. The molecule has 0 aliphatic heterocycles. The first kappa shape index (κ1) is 17.2. The van der Waals surface area contributed by atoms with Crippen LogP contribution in [0.15, 0.2) is 54.6 Å². The van der Waals surface area contributed by atoms with Gasteiger partial charge in [0.2, 0.25) is 0 Å². The van der Waals surface area contributed by atoms with Crippen LogP contribution in [0.2, 0.25) is 0 Å². The third-order valence-corrected chi connectivity index (χ3v) is 3.72. The monoisotopic (exact) mass is 350 g/mol. The minimum atomic E-state index is -4.59. The second-order valence-corrected chi connectivity index (χ2v) is 5.47. The summed E-state index contributed by atoms with van der Waals surface area (Å²) in [5.74, 6) is -0.484. The first-order valence-electron chi connectivity index (χ1n) is 7.52. The van der Waals surface area contributed by atoms with E-state index < -0.39 is 17.7 Å². The van der Waals surface area contributed by atoms with Gasteiger partial charge in [0, 0.05) is 12.2 Å². The average molecular weight is 350 g/mol. The zero-order chi connectivity index (χ0) is 18.0. The highest BCUT2D eigenvalue weighted by Crippen LogP contribution is 2.33. The smallest absolute Gasteiger partial charge is 0.396 e. The first-order valence-corrected chi connectivity index (χ1v) is 7.52. The van der Waals surface area contributed by atoms with E-state index in [4.69, 9.17) is 5.11 Å². The highest BCUT2D eigenvalue weighted by Gasteiger charge is 2.35. The number of hydrogen-bond donors (Lipinski definition) is 1. The summed E-state index contributed by atoms with van der Waals surface area (Å²) >= 11 is 0. The van der Waals surface area contributed by atoms with Crippen molar-refractivity contribution >= 4 is 0 Å². The second-order valence-electron chi connectivity index (χ2n) is 5.47. The molecule has 0 amide bonds. The van der Waals surface area contributed by atoms with Crippen molar-refractivity contribution < 1.29 is 22.7 Å². The van der Waals surface area contributed by atoms with Crippen LogP contribution in [0.5, 0.6) is 0 Å². The topological polar surface area (TPSA) is 38.1 Å². The number of aromatic nitrogens is 2. The van der Waals surface area contributed by atoms with Crippen LogP contribution >= 0.6 is 0 Å². The molecule has 0 atom stereocenters. The molecule has 25 heavy (non-hydrogen) atoms. The van der Waals surface area contributed by atoms with Crippen molar-refractivity contribution in [1.29, 1.82) is 0 Å². The Balaban J connectivity index is 2.10. The van der Waals surface area contributed by atoms with Crippen molar-refractivity contribution in [3.63, 3.8) is 0 Å². The van der Waals surface area contributed by atoms with E-state index >= 15 is 0 Å².